The zero-order valence-electron chi connectivity index (χ0n) is 13.5. The van der Waals surface area contributed by atoms with E-state index < -0.39 is 0 Å². The third-order valence-electron chi connectivity index (χ3n) is 3.42. The van der Waals surface area contributed by atoms with Crippen LogP contribution in [-0.4, -0.2) is 15.7 Å². The monoisotopic (exact) mass is 319 g/mol. The summed E-state index contributed by atoms with van der Waals surface area (Å²) in [7, 11) is 0. The van der Waals surface area contributed by atoms with Crippen LogP contribution in [0.5, 0.6) is 0 Å². The second-order valence-corrected chi connectivity index (χ2v) is 6.19. The number of hydrogen-bond acceptors (Lipinski definition) is 2. The number of aromatic nitrogens is 2. The first-order valence-corrected chi connectivity index (χ1v) is 7.93. The largest absolute Gasteiger partial charge is 0.322 e. The van der Waals surface area contributed by atoms with Crippen molar-refractivity contribution in [1.82, 2.24) is 9.78 Å². The van der Waals surface area contributed by atoms with Crippen LogP contribution in [0.3, 0.4) is 0 Å². The number of halogens is 1. The maximum atomic E-state index is 12.5. The summed E-state index contributed by atoms with van der Waals surface area (Å²) in [5.41, 5.74) is 3.05. The molecule has 1 aromatic heterocycles. The Morgan fingerprint density at radius 3 is 2.77 bits per heavy atom. The molecule has 0 atom stereocenters. The number of aryl methyl sites for hydroxylation is 2. The van der Waals surface area contributed by atoms with Gasteiger partial charge in [0.25, 0.3) is 5.91 Å². The van der Waals surface area contributed by atoms with Crippen molar-refractivity contribution >= 4 is 23.2 Å². The molecule has 1 heterocycles. The number of nitrogens with zero attached hydrogens (tertiary/aromatic N) is 2. The van der Waals surface area contributed by atoms with Crippen LogP contribution in [0.4, 0.5) is 5.69 Å². The van der Waals surface area contributed by atoms with Crippen molar-refractivity contribution in [3.05, 3.63) is 46.2 Å². The lowest BCUT2D eigenvalue weighted by atomic mass is 10.1. The van der Waals surface area contributed by atoms with E-state index in [1.54, 1.807) is 11.6 Å². The average Bonchev–Trinajstić information content (AvgIpc) is 2.72. The second kappa shape index (κ2) is 6.97. The van der Waals surface area contributed by atoms with Gasteiger partial charge < -0.3 is 5.32 Å². The summed E-state index contributed by atoms with van der Waals surface area (Å²) in [5.74, 6) is 0.194. The van der Waals surface area contributed by atoms with Gasteiger partial charge >= 0.3 is 0 Å². The average molecular weight is 320 g/mol. The lowest BCUT2D eigenvalue weighted by Crippen LogP contribution is -2.13. The summed E-state index contributed by atoms with van der Waals surface area (Å²) in [6, 6.07) is 7.82. The minimum absolute atomic E-state index is 0.217. The molecule has 118 valence electrons. The Morgan fingerprint density at radius 1 is 1.41 bits per heavy atom. The Bertz CT molecular complexity index is 677. The highest BCUT2D eigenvalue weighted by Crippen LogP contribution is 2.22. The number of amides is 1. The highest BCUT2D eigenvalue weighted by molar-refractivity contribution is 6.33. The van der Waals surface area contributed by atoms with Crippen LogP contribution in [0, 0.1) is 12.8 Å². The Hall–Kier alpha value is -1.81. The zero-order chi connectivity index (χ0) is 16.3. The van der Waals surface area contributed by atoms with Crippen LogP contribution in [0.25, 0.3) is 0 Å². The minimum Gasteiger partial charge on any atom is -0.322 e. The first-order chi connectivity index (χ1) is 10.4. The molecule has 0 fully saturated rings. The molecule has 1 aromatic carbocycles. The summed E-state index contributed by atoms with van der Waals surface area (Å²) >= 11 is 6.33. The van der Waals surface area contributed by atoms with Gasteiger partial charge in [0.05, 0.1) is 11.3 Å². The van der Waals surface area contributed by atoms with E-state index >= 15 is 0 Å². The number of anilines is 1. The number of nitrogens with one attached hydrogen (secondary N) is 1. The van der Waals surface area contributed by atoms with E-state index in [0.29, 0.717) is 28.9 Å². The molecule has 0 radical (unpaired) electrons. The van der Waals surface area contributed by atoms with Gasteiger partial charge in [-0.25, -0.2) is 0 Å². The van der Waals surface area contributed by atoms with Crippen molar-refractivity contribution in [3.63, 3.8) is 0 Å². The fourth-order valence-corrected chi connectivity index (χ4v) is 2.67. The van der Waals surface area contributed by atoms with Crippen molar-refractivity contribution in [2.45, 2.75) is 40.7 Å². The number of carbonyl (C=O) groups is 1. The number of benzene rings is 1. The van der Waals surface area contributed by atoms with Gasteiger partial charge in [0.1, 0.15) is 5.15 Å². The van der Waals surface area contributed by atoms with Gasteiger partial charge in [0, 0.05) is 12.2 Å². The Morgan fingerprint density at radius 2 is 2.14 bits per heavy atom. The summed E-state index contributed by atoms with van der Waals surface area (Å²) in [5, 5.41) is 7.67. The third kappa shape index (κ3) is 3.69. The molecular weight excluding hydrogens is 298 g/mol. The lowest BCUT2D eigenvalue weighted by molar-refractivity contribution is 0.102. The molecule has 1 N–H and O–H groups in total. The van der Waals surface area contributed by atoms with Gasteiger partial charge in [-0.15, -0.1) is 0 Å². The summed E-state index contributed by atoms with van der Waals surface area (Å²) in [4.78, 5) is 12.5. The molecular formula is C17H22ClN3O. The second-order valence-electron chi connectivity index (χ2n) is 5.84. The van der Waals surface area contributed by atoms with Crippen LogP contribution in [-0.2, 0) is 13.0 Å². The molecule has 22 heavy (non-hydrogen) atoms. The van der Waals surface area contributed by atoms with Gasteiger partial charge in [-0.2, -0.15) is 5.10 Å². The molecule has 0 aliphatic heterocycles. The van der Waals surface area contributed by atoms with Gasteiger partial charge in [-0.05, 0) is 37.0 Å². The Balaban J connectivity index is 2.24. The van der Waals surface area contributed by atoms with E-state index in [2.05, 4.69) is 31.2 Å². The quantitative estimate of drug-likeness (QED) is 0.892. The summed E-state index contributed by atoms with van der Waals surface area (Å²) in [6.45, 7) is 8.75. The normalized spacial score (nSPS) is 11.0. The molecule has 0 unspecified atom stereocenters. The van der Waals surface area contributed by atoms with E-state index in [9.17, 15) is 4.79 Å². The fraction of sp³-hybridized carbons (Fsp3) is 0.412. The lowest BCUT2D eigenvalue weighted by Gasteiger charge is -2.08. The number of carbonyl (C=O) groups excluding carboxylic acids is 1. The smallest absolute Gasteiger partial charge is 0.260 e. The van der Waals surface area contributed by atoms with E-state index in [1.807, 2.05) is 24.3 Å². The topological polar surface area (TPSA) is 46.9 Å². The fourth-order valence-electron chi connectivity index (χ4n) is 2.34. The predicted octanol–water partition coefficient (Wildman–Crippen LogP) is 4.32. The molecule has 0 spiro atoms. The van der Waals surface area contributed by atoms with Crippen molar-refractivity contribution in [1.29, 1.82) is 0 Å². The standard InChI is InChI=1S/C17H22ClN3O/c1-5-13-7-6-8-14(9-13)19-17(22)15-12(4)20-21(16(15)18)10-11(2)3/h6-9,11H,5,10H2,1-4H3,(H,19,22). The van der Waals surface area contributed by atoms with Gasteiger partial charge in [-0.3, -0.25) is 9.48 Å². The summed E-state index contributed by atoms with van der Waals surface area (Å²) in [6.07, 6.45) is 0.926. The van der Waals surface area contributed by atoms with Crippen LogP contribution >= 0.6 is 11.6 Å². The molecule has 1 amide bonds. The van der Waals surface area contributed by atoms with Crippen LogP contribution in [0.2, 0.25) is 5.15 Å². The van der Waals surface area contributed by atoms with Gasteiger partial charge in [-0.1, -0.05) is 44.5 Å². The zero-order valence-corrected chi connectivity index (χ0v) is 14.2. The third-order valence-corrected chi connectivity index (χ3v) is 3.81. The summed E-state index contributed by atoms with van der Waals surface area (Å²) < 4.78 is 1.69. The van der Waals surface area contributed by atoms with Gasteiger partial charge in [0.2, 0.25) is 0 Å². The molecule has 0 saturated heterocycles. The first-order valence-electron chi connectivity index (χ1n) is 7.55. The van der Waals surface area contributed by atoms with Crippen LogP contribution < -0.4 is 5.32 Å². The Labute approximate surface area is 136 Å². The molecule has 0 aliphatic rings. The predicted molar refractivity (Wildman–Crippen MR) is 90.6 cm³/mol. The maximum Gasteiger partial charge on any atom is 0.260 e. The SMILES string of the molecule is CCc1cccc(NC(=O)c2c(C)nn(CC(C)C)c2Cl)c1. The Kier molecular flexibility index (Phi) is 5.24. The van der Waals surface area contributed by atoms with Crippen LogP contribution in [0.15, 0.2) is 24.3 Å². The van der Waals surface area contributed by atoms with Crippen LogP contribution in [0.1, 0.15) is 42.4 Å². The molecule has 0 bridgehead atoms. The number of rotatable bonds is 5. The van der Waals surface area contributed by atoms with Crippen molar-refractivity contribution < 1.29 is 4.79 Å². The minimum atomic E-state index is -0.217. The first kappa shape index (κ1) is 16.6. The molecule has 0 aliphatic carbocycles. The van der Waals surface area contributed by atoms with E-state index in [0.717, 1.165) is 12.1 Å². The molecule has 5 heteroatoms. The number of hydrogen-bond donors (Lipinski definition) is 1. The highest BCUT2D eigenvalue weighted by Gasteiger charge is 2.20. The molecule has 2 aromatic rings. The van der Waals surface area contributed by atoms with E-state index in [-0.39, 0.29) is 5.91 Å². The highest BCUT2D eigenvalue weighted by atomic mass is 35.5. The van der Waals surface area contributed by atoms with Crippen molar-refractivity contribution in [3.8, 4) is 0 Å². The van der Waals surface area contributed by atoms with Crippen molar-refractivity contribution in [2.75, 3.05) is 5.32 Å². The molecule has 2 rings (SSSR count). The van der Waals surface area contributed by atoms with E-state index in [1.165, 1.54) is 5.56 Å². The van der Waals surface area contributed by atoms with Gasteiger partial charge in [0.15, 0.2) is 0 Å². The maximum absolute atomic E-state index is 12.5. The van der Waals surface area contributed by atoms with Crippen molar-refractivity contribution in [2.24, 2.45) is 5.92 Å². The van der Waals surface area contributed by atoms with E-state index in [4.69, 9.17) is 11.6 Å². The molecule has 0 saturated carbocycles. The molecule has 4 nitrogen and oxygen atoms in total.